The van der Waals surface area contributed by atoms with Gasteiger partial charge in [-0.1, -0.05) is 0 Å². The Hall–Kier alpha value is -3.30. The van der Waals surface area contributed by atoms with Crippen molar-refractivity contribution in [1.29, 1.82) is 0 Å². The van der Waals surface area contributed by atoms with Crippen molar-refractivity contribution in [2.24, 2.45) is 0 Å². The summed E-state index contributed by atoms with van der Waals surface area (Å²) in [5.41, 5.74) is -2.68. The molecule has 1 unspecified atom stereocenters. The molecular formula is C24H40N6O16P2. The fraction of sp³-hybridized carbons (Fsp3) is 0.667. The number of nitrogens with one attached hydrogen (secondary N) is 3. The number of aliphatic hydroxyl groups is 1. The first kappa shape index (κ1) is 40.9. The summed E-state index contributed by atoms with van der Waals surface area (Å²) in [4.78, 5) is 113. The lowest BCUT2D eigenvalue weighted by atomic mass is 10.1. The second-order valence-electron chi connectivity index (χ2n) is 11.0. The Morgan fingerprint density at radius 3 is 1.58 bits per heavy atom. The van der Waals surface area contributed by atoms with E-state index < -0.39 is 74.0 Å². The molecule has 1 aliphatic rings. The van der Waals surface area contributed by atoms with Crippen LogP contribution in [0.1, 0.15) is 19.3 Å². The van der Waals surface area contributed by atoms with E-state index >= 15 is 0 Å². The molecule has 1 aromatic rings. The number of anilines is 2. The number of carbonyl (C=O) groups excluding carboxylic acids is 1. The third kappa shape index (κ3) is 11.4. The number of carboxylic acids is 3. The van der Waals surface area contributed by atoms with Crippen LogP contribution in [0.3, 0.4) is 0 Å². The summed E-state index contributed by atoms with van der Waals surface area (Å²) in [6.45, 7) is -0.412. The molecule has 48 heavy (non-hydrogen) atoms. The van der Waals surface area contributed by atoms with E-state index in [1.54, 1.807) is 14.7 Å². The van der Waals surface area contributed by atoms with Crippen LogP contribution in [0.4, 0.5) is 11.4 Å². The molecule has 0 aliphatic carbocycles. The first-order chi connectivity index (χ1) is 22.2. The number of aliphatic carboxylic acids is 3. The van der Waals surface area contributed by atoms with Crippen LogP contribution in [-0.4, -0.2) is 162 Å². The molecule has 0 spiro atoms. The third-order valence-electron chi connectivity index (χ3n) is 7.58. The topological polar surface area (TPSA) is 344 Å². The highest BCUT2D eigenvalue weighted by atomic mass is 31.2. The summed E-state index contributed by atoms with van der Waals surface area (Å²) in [6.07, 6.45) is -1.58. The number of nitrogens with zero attached hydrogens (tertiary/aromatic N) is 3. The van der Waals surface area contributed by atoms with Gasteiger partial charge in [-0.3, -0.25) is 52.6 Å². The second kappa shape index (κ2) is 17.4. The van der Waals surface area contributed by atoms with Crippen molar-refractivity contribution in [3.63, 3.8) is 0 Å². The molecule has 0 bridgehead atoms. The highest BCUT2D eigenvalue weighted by Gasteiger charge is 2.58. The molecule has 1 saturated heterocycles. The molecule has 11 N–H and O–H groups in total. The first-order valence-corrected chi connectivity index (χ1v) is 17.7. The fourth-order valence-electron chi connectivity index (χ4n) is 4.92. The lowest BCUT2D eigenvalue weighted by Crippen LogP contribution is -2.47. The molecule has 1 heterocycles. The van der Waals surface area contributed by atoms with E-state index in [2.05, 4.69) is 16.0 Å². The lowest BCUT2D eigenvalue weighted by Gasteiger charge is -2.30. The number of hydrogen-bond donors (Lipinski definition) is 11. The van der Waals surface area contributed by atoms with Gasteiger partial charge in [0, 0.05) is 71.7 Å². The highest BCUT2D eigenvalue weighted by Crippen LogP contribution is 2.68. The zero-order valence-electron chi connectivity index (χ0n) is 25.6. The van der Waals surface area contributed by atoms with Crippen LogP contribution >= 0.6 is 15.2 Å². The van der Waals surface area contributed by atoms with Gasteiger partial charge in [-0.15, -0.1) is 0 Å². The minimum atomic E-state index is -5.73. The molecule has 24 heteroatoms. The van der Waals surface area contributed by atoms with E-state index in [0.717, 1.165) is 0 Å². The van der Waals surface area contributed by atoms with E-state index in [9.17, 15) is 77.9 Å². The number of amides is 1. The zero-order valence-corrected chi connectivity index (χ0v) is 27.3. The maximum absolute atomic E-state index is 12.5. The highest BCUT2D eigenvalue weighted by molar-refractivity contribution is 7.72. The Morgan fingerprint density at radius 1 is 0.729 bits per heavy atom. The third-order valence-corrected chi connectivity index (χ3v) is 11.5. The maximum Gasteiger partial charge on any atom is 0.369 e. The summed E-state index contributed by atoms with van der Waals surface area (Å²) in [5, 5.41) is 41.9. The second-order valence-corrected chi connectivity index (χ2v) is 15.0. The van der Waals surface area contributed by atoms with Crippen LogP contribution in [-0.2, 0) is 28.3 Å². The van der Waals surface area contributed by atoms with Gasteiger partial charge in [0.25, 0.3) is 15.9 Å². The SMILES string of the molecule is O=C(O)CN1CCN(CC(=O)O)CCN(C(CCC(=O)NCCNc2c(NCCC(O)(P(=O)(O)O)P(=O)(O)O)c(=O)c2=O)C(=O)O)CC1. The first-order valence-electron chi connectivity index (χ1n) is 14.4. The van der Waals surface area contributed by atoms with Gasteiger partial charge in [-0.2, -0.15) is 0 Å². The molecule has 2 rings (SSSR count). The molecule has 22 nitrogen and oxygen atoms in total. The van der Waals surface area contributed by atoms with E-state index in [-0.39, 0.29) is 89.7 Å². The van der Waals surface area contributed by atoms with Gasteiger partial charge in [-0.25, -0.2) is 0 Å². The summed E-state index contributed by atoms with van der Waals surface area (Å²) < 4.78 is 22.9. The van der Waals surface area contributed by atoms with Crippen molar-refractivity contribution in [3.05, 3.63) is 20.4 Å². The van der Waals surface area contributed by atoms with Crippen LogP contribution < -0.4 is 26.8 Å². The van der Waals surface area contributed by atoms with Gasteiger partial charge in [-0.05, 0) is 6.42 Å². The largest absolute Gasteiger partial charge is 0.480 e. The molecular weight excluding hydrogens is 690 g/mol. The molecule has 1 amide bonds. The van der Waals surface area contributed by atoms with Crippen molar-refractivity contribution in [2.45, 2.75) is 30.4 Å². The monoisotopic (exact) mass is 730 g/mol. The van der Waals surface area contributed by atoms with Crippen LogP contribution in [0.2, 0.25) is 0 Å². The summed E-state index contributed by atoms with van der Waals surface area (Å²) in [7, 11) is -11.5. The molecule has 1 atom stereocenters. The Balaban J connectivity index is 1.92. The van der Waals surface area contributed by atoms with Crippen LogP contribution in [0.25, 0.3) is 0 Å². The average Bonchev–Trinajstić information content (AvgIpc) is 3.05. The summed E-state index contributed by atoms with van der Waals surface area (Å²) >= 11 is 0. The van der Waals surface area contributed by atoms with E-state index in [4.69, 9.17) is 0 Å². The van der Waals surface area contributed by atoms with Gasteiger partial charge < -0.3 is 56.0 Å². The van der Waals surface area contributed by atoms with Gasteiger partial charge in [0.2, 0.25) is 5.91 Å². The normalized spacial score (nSPS) is 16.8. The Kier molecular flexibility index (Phi) is 14.8. The van der Waals surface area contributed by atoms with Gasteiger partial charge in [0.05, 0.1) is 13.1 Å². The molecule has 0 aromatic heterocycles. The van der Waals surface area contributed by atoms with Crippen molar-refractivity contribution < 1.29 is 68.3 Å². The Bertz CT molecular complexity index is 1440. The minimum absolute atomic E-state index is 0.108. The fourth-order valence-corrected chi connectivity index (χ4v) is 7.09. The van der Waals surface area contributed by atoms with E-state index in [1.807, 2.05) is 0 Å². The molecule has 0 radical (unpaired) electrons. The molecule has 1 fully saturated rings. The van der Waals surface area contributed by atoms with E-state index in [0.29, 0.717) is 0 Å². The van der Waals surface area contributed by atoms with Crippen LogP contribution in [0.5, 0.6) is 0 Å². The van der Waals surface area contributed by atoms with Gasteiger partial charge >= 0.3 is 33.1 Å². The molecule has 0 saturated carbocycles. The minimum Gasteiger partial charge on any atom is -0.480 e. The quantitative estimate of drug-likeness (QED) is 0.0366. The van der Waals surface area contributed by atoms with Gasteiger partial charge in [0.15, 0.2) is 0 Å². The number of rotatable bonds is 19. The standard InChI is InChI=1S/C24H40N6O16P2/c31-16(2-1-15(23(38)39)30-11-9-28(13-17(32)33)7-8-29(10-12-30)14-18(34)35)25-5-6-27-20-19(21(36)22(20)37)26-4-3-24(40,47(41,42)43)48(44,45)46/h15,26-27,40H,1-14H2,(H,25,31)(H,32,33)(H,34,35)(H,38,39)(H2,41,42,43)(H2,44,45,46). The Labute approximate surface area is 272 Å². The number of carboxylic acid groups (broad SMARTS) is 3. The van der Waals surface area contributed by atoms with Crippen molar-refractivity contribution in [3.8, 4) is 0 Å². The summed E-state index contributed by atoms with van der Waals surface area (Å²) in [6, 6.07) is -1.16. The average molecular weight is 731 g/mol. The molecule has 272 valence electrons. The zero-order chi connectivity index (χ0) is 36.4. The smallest absolute Gasteiger partial charge is 0.369 e. The Morgan fingerprint density at radius 2 is 1.17 bits per heavy atom. The number of carbonyl (C=O) groups is 4. The summed E-state index contributed by atoms with van der Waals surface area (Å²) in [5.74, 6) is -4.00. The predicted molar refractivity (Wildman–Crippen MR) is 165 cm³/mol. The number of hydrogen-bond acceptors (Lipinski definition) is 14. The van der Waals surface area contributed by atoms with Gasteiger partial charge in [0.1, 0.15) is 17.4 Å². The molecule has 1 aliphatic heterocycles. The van der Waals surface area contributed by atoms with Crippen LogP contribution in [0.15, 0.2) is 9.59 Å². The van der Waals surface area contributed by atoms with Crippen molar-refractivity contribution >= 4 is 50.4 Å². The molecule has 1 aromatic carbocycles. The maximum atomic E-state index is 12.5. The van der Waals surface area contributed by atoms with Crippen molar-refractivity contribution in [1.82, 2.24) is 20.0 Å². The lowest BCUT2D eigenvalue weighted by molar-refractivity contribution is -0.144. The van der Waals surface area contributed by atoms with Crippen LogP contribution in [0, 0.1) is 0 Å². The van der Waals surface area contributed by atoms with E-state index in [1.165, 1.54) is 0 Å². The predicted octanol–water partition coefficient (Wildman–Crippen LogP) is -4.06. The van der Waals surface area contributed by atoms with Crippen molar-refractivity contribution in [2.75, 3.05) is 82.6 Å².